The van der Waals surface area contributed by atoms with Crippen molar-refractivity contribution in [2.45, 2.75) is 33.1 Å². The molecule has 0 aliphatic heterocycles. The van der Waals surface area contributed by atoms with Gasteiger partial charge >= 0.3 is 6.16 Å². The summed E-state index contributed by atoms with van der Waals surface area (Å²) in [7, 11) is 0. The van der Waals surface area contributed by atoms with E-state index in [1.54, 1.807) is 20.8 Å². The molecule has 0 aliphatic carbocycles. The smallest absolute Gasteiger partial charge is 0.429 e. The number of hydrogen-bond donors (Lipinski definition) is 0. The van der Waals surface area contributed by atoms with E-state index >= 15 is 0 Å². The van der Waals surface area contributed by atoms with Gasteiger partial charge in [0.05, 0.1) is 13.3 Å². The molecular weight excluding hydrogens is 466 g/mol. The highest BCUT2D eigenvalue weighted by molar-refractivity contribution is 14.1. The van der Waals surface area contributed by atoms with E-state index < -0.39 is 11.8 Å². The van der Waals surface area contributed by atoms with Gasteiger partial charge < -0.3 is 9.47 Å². The van der Waals surface area contributed by atoms with Crippen LogP contribution in [0.2, 0.25) is 0 Å². The van der Waals surface area contributed by atoms with Crippen LogP contribution in [0.3, 0.4) is 0 Å². The Balaban J connectivity index is 2.68. The molecule has 0 atom stereocenters. The lowest BCUT2D eigenvalue weighted by molar-refractivity contribution is -0.0231. The van der Waals surface area contributed by atoms with Crippen molar-refractivity contribution < 1.29 is 14.3 Å². The maximum Gasteiger partial charge on any atom is 0.510 e. The van der Waals surface area contributed by atoms with Gasteiger partial charge in [0.1, 0.15) is 5.60 Å². The topological polar surface area (TPSA) is 70.4 Å². The first-order valence-corrected chi connectivity index (χ1v) is 7.13. The van der Waals surface area contributed by atoms with E-state index in [-0.39, 0.29) is 12.3 Å². The lowest BCUT2D eigenvalue weighted by Gasteiger charge is -2.18. The fourth-order valence-electron chi connectivity index (χ4n) is 0.930. The average molecular weight is 478 g/mol. The molecule has 0 aromatic carbocycles. The Labute approximate surface area is 131 Å². The van der Waals surface area contributed by atoms with Crippen molar-refractivity contribution in [2.75, 3.05) is 0 Å². The van der Waals surface area contributed by atoms with Gasteiger partial charge in [-0.3, -0.25) is 4.79 Å². The second-order valence-corrected chi connectivity index (χ2v) is 6.59. The lowest BCUT2D eigenvalue weighted by Crippen LogP contribution is -2.30. The molecule has 0 saturated carbocycles. The van der Waals surface area contributed by atoms with Crippen LogP contribution >= 0.6 is 45.2 Å². The Bertz CT molecular complexity index is 508. The third-order valence-corrected chi connectivity index (χ3v) is 4.53. The molecule has 0 amide bonds. The van der Waals surface area contributed by atoms with Gasteiger partial charge in [-0.1, -0.05) is 0 Å². The summed E-state index contributed by atoms with van der Waals surface area (Å²) in [5.74, 6) is 0. The first-order chi connectivity index (χ1) is 8.20. The van der Waals surface area contributed by atoms with Crippen LogP contribution in [-0.4, -0.2) is 21.5 Å². The Morgan fingerprint density at radius 3 is 2.61 bits per heavy atom. The summed E-state index contributed by atoms with van der Waals surface area (Å²) in [6, 6.07) is 0. The van der Waals surface area contributed by atoms with Crippen LogP contribution in [0.15, 0.2) is 11.0 Å². The second-order valence-electron chi connectivity index (χ2n) is 4.35. The van der Waals surface area contributed by atoms with Gasteiger partial charge in [0.2, 0.25) is 0 Å². The fourth-order valence-corrected chi connectivity index (χ4v) is 1.70. The number of hydrogen-bond acceptors (Lipinski definition) is 5. The van der Waals surface area contributed by atoms with Crippen LogP contribution in [0.4, 0.5) is 4.79 Å². The Morgan fingerprint density at radius 2 is 2.06 bits per heavy atom. The maximum atomic E-state index is 11.7. The van der Waals surface area contributed by atoms with Crippen molar-refractivity contribution in [2.24, 2.45) is 0 Å². The van der Waals surface area contributed by atoms with Crippen molar-refractivity contribution in [1.82, 2.24) is 9.78 Å². The molecule has 6 nitrogen and oxygen atoms in total. The summed E-state index contributed by atoms with van der Waals surface area (Å²) in [6.07, 6.45) is 0.701. The average Bonchev–Trinajstić information content (AvgIpc) is 2.22. The largest absolute Gasteiger partial charge is 0.510 e. The van der Waals surface area contributed by atoms with Crippen LogP contribution in [-0.2, 0) is 16.2 Å². The molecule has 0 saturated heterocycles. The number of nitrogens with zero attached hydrogens (tertiary/aromatic N) is 2. The Morgan fingerprint density at radius 1 is 1.44 bits per heavy atom. The van der Waals surface area contributed by atoms with E-state index in [9.17, 15) is 9.59 Å². The molecule has 18 heavy (non-hydrogen) atoms. The van der Waals surface area contributed by atoms with Gasteiger partial charge in [0.15, 0.2) is 6.73 Å². The standard InChI is InChI=1S/C10H12I2N2O4/c1-10(2,3)18-9(16)17-5-14-8(15)7(12)6(11)4-13-14/h4H,5H2,1-3H3. The Kier molecular flexibility index (Phi) is 5.37. The fraction of sp³-hybridized carbons (Fsp3) is 0.500. The maximum absolute atomic E-state index is 11.7. The number of aromatic nitrogens is 2. The van der Waals surface area contributed by atoms with E-state index in [1.807, 2.05) is 45.2 Å². The molecule has 1 aromatic heterocycles. The lowest BCUT2D eigenvalue weighted by atomic mass is 10.2. The first kappa shape index (κ1) is 15.7. The number of rotatable bonds is 2. The van der Waals surface area contributed by atoms with E-state index in [2.05, 4.69) is 5.10 Å². The van der Waals surface area contributed by atoms with E-state index in [0.717, 1.165) is 8.25 Å². The van der Waals surface area contributed by atoms with Gasteiger partial charge in [-0.05, 0) is 66.0 Å². The Hall–Kier alpha value is -0.390. The predicted octanol–water partition coefficient (Wildman–Crippen LogP) is 2.36. The zero-order valence-corrected chi connectivity index (χ0v) is 14.4. The quantitative estimate of drug-likeness (QED) is 0.483. The third-order valence-electron chi connectivity index (χ3n) is 1.64. The van der Waals surface area contributed by atoms with Crippen molar-refractivity contribution in [3.05, 3.63) is 23.7 Å². The van der Waals surface area contributed by atoms with Gasteiger partial charge in [-0.15, -0.1) is 0 Å². The summed E-state index contributed by atoms with van der Waals surface area (Å²) in [6.45, 7) is 4.92. The monoisotopic (exact) mass is 478 g/mol. The van der Waals surface area contributed by atoms with Crippen LogP contribution in [0, 0.1) is 7.14 Å². The number of carbonyl (C=O) groups excluding carboxylic acids is 1. The summed E-state index contributed by atoms with van der Waals surface area (Å²) in [5.41, 5.74) is -0.929. The molecule has 0 bridgehead atoms. The van der Waals surface area contributed by atoms with Gasteiger partial charge in [0, 0.05) is 0 Å². The highest BCUT2D eigenvalue weighted by Crippen LogP contribution is 2.09. The summed E-state index contributed by atoms with van der Waals surface area (Å²) in [5, 5.41) is 3.87. The number of carbonyl (C=O) groups is 1. The molecule has 0 unspecified atom stereocenters. The van der Waals surface area contributed by atoms with Gasteiger partial charge in [-0.25, -0.2) is 4.79 Å². The van der Waals surface area contributed by atoms with Crippen molar-refractivity contribution in [3.63, 3.8) is 0 Å². The van der Waals surface area contributed by atoms with E-state index in [0.29, 0.717) is 3.57 Å². The van der Waals surface area contributed by atoms with Gasteiger partial charge in [0.25, 0.3) is 5.56 Å². The minimum Gasteiger partial charge on any atom is -0.429 e. The highest BCUT2D eigenvalue weighted by Gasteiger charge is 2.18. The van der Waals surface area contributed by atoms with Crippen LogP contribution in [0.5, 0.6) is 0 Å². The zero-order valence-electron chi connectivity index (χ0n) is 10.1. The van der Waals surface area contributed by atoms with E-state index in [4.69, 9.17) is 9.47 Å². The minimum atomic E-state index is -0.829. The summed E-state index contributed by atoms with van der Waals surface area (Å²) in [4.78, 5) is 23.0. The van der Waals surface area contributed by atoms with Crippen LogP contribution in [0.1, 0.15) is 20.8 Å². The SMILES string of the molecule is CC(C)(C)OC(=O)OCn1ncc(I)c(I)c1=O. The molecular formula is C10H12I2N2O4. The zero-order chi connectivity index (χ0) is 13.9. The molecule has 0 N–H and O–H groups in total. The third kappa shape index (κ3) is 4.71. The van der Waals surface area contributed by atoms with Crippen molar-refractivity contribution in [1.29, 1.82) is 0 Å². The first-order valence-electron chi connectivity index (χ1n) is 4.97. The highest BCUT2D eigenvalue weighted by atomic mass is 127. The molecule has 0 radical (unpaired) electrons. The van der Waals surface area contributed by atoms with Crippen molar-refractivity contribution in [3.8, 4) is 0 Å². The number of halogens is 2. The second kappa shape index (κ2) is 6.17. The molecule has 0 aliphatic rings. The molecule has 8 heteroatoms. The molecule has 1 rings (SSSR count). The summed E-state index contributed by atoms with van der Waals surface area (Å²) >= 11 is 3.93. The van der Waals surface area contributed by atoms with Crippen LogP contribution < -0.4 is 5.56 Å². The van der Waals surface area contributed by atoms with Crippen LogP contribution in [0.25, 0.3) is 0 Å². The molecule has 100 valence electrons. The number of ether oxygens (including phenoxy) is 2. The molecule has 1 heterocycles. The molecule has 0 spiro atoms. The minimum absolute atomic E-state index is 0.263. The molecule has 0 fully saturated rings. The van der Waals surface area contributed by atoms with Crippen molar-refractivity contribution >= 4 is 51.3 Å². The normalized spacial score (nSPS) is 11.2. The predicted molar refractivity (Wildman–Crippen MR) is 81.3 cm³/mol. The molecule has 1 aromatic rings. The summed E-state index contributed by atoms with van der Waals surface area (Å²) < 4.78 is 12.1. The van der Waals surface area contributed by atoms with Gasteiger partial charge in [-0.2, -0.15) is 9.78 Å². The van der Waals surface area contributed by atoms with E-state index in [1.165, 1.54) is 6.20 Å².